The van der Waals surface area contributed by atoms with E-state index >= 15 is 0 Å². The normalized spacial score (nSPS) is 12.0. The van der Waals surface area contributed by atoms with Crippen molar-refractivity contribution in [2.45, 2.75) is 53.2 Å². The van der Waals surface area contributed by atoms with Gasteiger partial charge in [-0.15, -0.1) is 0 Å². The molecule has 2 aromatic heterocycles. The molecule has 11 heteroatoms. The van der Waals surface area contributed by atoms with Crippen LogP contribution in [0.15, 0.2) is 66.2 Å². The quantitative estimate of drug-likeness (QED) is 0.123. The van der Waals surface area contributed by atoms with Crippen molar-refractivity contribution in [3.05, 3.63) is 71.6 Å². The molecule has 0 saturated carbocycles. The van der Waals surface area contributed by atoms with Gasteiger partial charge in [-0.1, -0.05) is 42.7 Å². The number of halogens is 1. The Morgan fingerprint density at radius 2 is 1.98 bits per heavy atom. The molecule has 1 amide bonds. The van der Waals surface area contributed by atoms with Gasteiger partial charge in [0.05, 0.1) is 28.3 Å². The van der Waals surface area contributed by atoms with Gasteiger partial charge in [0.25, 0.3) is 0 Å². The van der Waals surface area contributed by atoms with Gasteiger partial charge in [-0.05, 0) is 63.1 Å². The highest BCUT2D eigenvalue weighted by molar-refractivity contribution is 6.32. The molecule has 2 aromatic carbocycles. The zero-order valence-corrected chi connectivity index (χ0v) is 25.3. The summed E-state index contributed by atoms with van der Waals surface area (Å²) in [4.78, 5) is 26.3. The summed E-state index contributed by atoms with van der Waals surface area (Å²) in [6.45, 7) is 10.7. The molecule has 10 nitrogen and oxygen atoms in total. The summed E-state index contributed by atoms with van der Waals surface area (Å²) in [6, 6.07) is 14.9. The number of nitrogens with zero attached hydrogens (tertiary/aromatic N) is 4. The highest BCUT2D eigenvalue weighted by atomic mass is 35.5. The molecule has 4 aromatic rings. The fraction of sp³-hybridized carbons (Fsp3) is 0.355. The maximum atomic E-state index is 12.1. The van der Waals surface area contributed by atoms with Crippen LogP contribution in [0.1, 0.15) is 46.6 Å². The predicted molar refractivity (Wildman–Crippen MR) is 166 cm³/mol. The largest absolute Gasteiger partial charge is 0.456 e. The number of amides is 1. The van der Waals surface area contributed by atoms with Crippen LogP contribution in [-0.2, 0) is 16.2 Å². The van der Waals surface area contributed by atoms with E-state index in [0.717, 1.165) is 28.0 Å². The van der Waals surface area contributed by atoms with E-state index in [-0.39, 0.29) is 12.3 Å². The van der Waals surface area contributed by atoms with Crippen molar-refractivity contribution in [1.82, 2.24) is 19.9 Å². The molecule has 3 N–H and O–H groups in total. The van der Waals surface area contributed by atoms with Gasteiger partial charge in [-0.25, -0.2) is 9.97 Å². The maximum Gasteiger partial charge on any atom is 0.222 e. The molecule has 222 valence electrons. The van der Waals surface area contributed by atoms with Crippen molar-refractivity contribution in [3.8, 4) is 11.5 Å². The van der Waals surface area contributed by atoms with Gasteiger partial charge in [0, 0.05) is 30.5 Å². The molecule has 2 heterocycles. The molecule has 0 atom stereocenters. The lowest BCUT2D eigenvalue weighted by Gasteiger charge is -2.16. The van der Waals surface area contributed by atoms with Gasteiger partial charge in [-0.3, -0.25) is 4.79 Å². The van der Waals surface area contributed by atoms with Gasteiger partial charge in [0.1, 0.15) is 29.9 Å². The van der Waals surface area contributed by atoms with E-state index in [0.29, 0.717) is 48.0 Å². The van der Waals surface area contributed by atoms with Crippen molar-refractivity contribution in [3.63, 3.8) is 0 Å². The molecular formula is C31H37ClN6O4. The van der Waals surface area contributed by atoms with E-state index in [1.165, 1.54) is 6.33 Å². The smallest absolute Gasteiger partial charge is 0.222 e. The average Bonchev–Trinajstić information content (AvgIpc) is 3.33. The van der Waals surface area contributed by atoms with Gasteiger partial charge in [0.15, 0.2) is 5.82 Å². The third-order valence-corrected chi connectivity index (χ3v) is 6.40. The van der Waals surface area contributed by atoms with Crippen LogP contribution in [0.4, 0.5) is 11.5 Å². The minimum absolute atomic E-state index is 0.0303. The number of anilines is 2. The first-order valence-electron chi connectivity index (χ1n) is 13.8. The number of benzene rings is 2. The molecule has 0 unspecified atom stereocenters. The van der Waals surface area contributed by atoms with Gasteiger partial charge < -0.3 is 29.9 Å². The van der Waals surface area contributed by atoms with E-state index in [1.54, 1.807) is 26.0 Å². The molecule has 0 aliphatic rings. The SMILES string of the molecule is C/C(=N\OCC(C)C)c1cccc(Oc2ccc(Nc3ncnc4ccn(CCNC(=O)CC(C)(C)O)c34)cc2Cl)c1. The van der Waals surface area contributed by atoms with Crippen molar-refractivity contribution in [1.29, 1.82) is 0 Å². The summed E-state index contributed by atoms with van der Waals surface area (Å²) >= 11 is 6.61. The second kappa shape index (κ2) is 13.7. The first-order valence-corrected chi connectivity index (χ1v) is 14.2. The topological polar surface area (TPSA) is 123 Å². The lowest BCUT2D eigenvalue weighted by atomic mass is 10.1. The number of aromatic nitrogens is 3. The second-order valence-corrected chi connectivity index (χ2v) is 11.5. The van der Waals surface area contributed by atoms with Crippen molar-refractivity contribution < 1.29 is 19.5 Å². The van der Waals surface area contributed by atoms with Gasteiger partial charge >= 0.3 is 0 Å². The van der Waals surface area contributed by atoms with Crippen molar-refractivity contribution in [2.24, 2.45) is 11.1 Å². The molecule has 0 aliphatic heterocycles. The molecule has 0 spiro atoms. The van der Waals surface area contributed by atoms with E-state index in [4.69, 9.17) is 21.2 Å². The maximum absolute atomic E-state index is 12.1. The number of aliphatic hydroxyl groups is 1. The number of carbonyl (C=O) groups excluding carboxylic acids is 1. The molecule has 4 rings (SSSR count). The standard InChI is InChI=1S/C31H37ClN6O4/c1-20(2)18-41-37-21(3)22-7-6-8-24(15-22)42-27-10-9-23(16-25(27)32)36-30-29-26(34-19-35-30)11-13-38(29)14-12-33-28(39)17-31(4,5)40/h6-11,13,15-16,19-20,40H,12,14,17-18H2,1-5H3,(H,33,39)(H,34,35,36)/b37-21+. The van der Waals surface area contributed by atoms with E-state index in [9.17, 15) is 9.90 Å². The Morgan fingerprint density at radius 1 is 1.17 bits per heavy atom. The molecular weight excluding hydrogens is 556 g/mol. The van der Waals surface area contributed by atoms with E-state index < -0.39 is 5.60 Å². The highest BCUT2D eigenvalue weighted by Crippen LogP contribution is 2.33. The lowest BCUT2D eigenvalue weighted by molar-refractivity contribution is -0.124. The number of oxime groups is 1. The Bertz CT molecular complexity index is 1560. The molecule has 0 fully saturated rings. The molecule has 0 bridgehead atoms. The average molecular weight is 593 g/mol. The first kappa shape index (κ1) is 30.8. The van der Waals surface area contributed by atoms with Gasteiger partial charge in [0.2, 0.25) is 5.91 Å². The van der Waals surface area contributed by atoms with Crippen LogP contribution in [-0.4, -0.2) is 50.0 Å². The van der Waals surface area contributed by atoms with Crippen LogP contribution in [0.25, 0.3) is 11.0 Å². The number of rotatable bonds is 13. The third kappa shape index (κ3) is 8.67. The second-order valence-electron chi connectivity index (χ2n) is 11.1. The van der Waals surface area contributed by atoms with Crippen molar-refractivity contribution in [2.75, 3.05) is 18.5 Å². The number of fused-ring (bicyclic) bond motifs is 1. The zero-order valence-electron chi connectivity index (χ0n) is 24.5. The number of hydrogen-bond donors (Lipinski definition) is 3. The van der Waals surface area contributed by atoms with Crippen LogP contribution >= 0.6 is 11.6 Å². The Balaban J connectivity index is 1.44. The number of ether oxygens (including phenoxy) is 1. The minimum atomic E-state index is -1.06. The first-order chi connectivity index (χ1) is 20.0. The van der Waals surface area contributed by atoms with Crippen LogP contribution in [0.3, 0.4) is 0 Å². The Hall–Kier alpha value is -4.15. The number of hydrogen-bond acceptors (Lipinski definition) is 8. The zero-order chi connectivity index (χ0) is 30.3. The minimum Gasteiger partial charge on any atom is -0.456 e. The predicted octanol–water partition coefficient (Wildman–Crippen LogP) is 6.29. The van der Waals surface area contributed by atoms with Crippen LogP contribution in [0.2, 0.25) is 5.02 Å². The fourth-order valence-corrected chi connectivity index (χ4v) is 4.35. The summed E-state index contributed by atoms with van der Waals surface area (Å²) in [5.41, 5.74) is 2.85. The van der Waals surface area contributed by atoms with Crippen LogP contribution < -0.4 is 15.4 Å². The molecule has 0 aliphatic carbocycles. The van der Waals surface area contributed by atoms with Crippen molar-refractivity contribution >= 4 is 45.8 Å². The summed E-state index contributed by atoms with van der Waals surface area (Å²) in [6.07, 6.45) is 3.42. The molecule has 0 radical (unpaired) electrons. The van der Waals surface area contributed by atoms with Gasteiger partial charge in [-0.2, -0.15) is 0 Å². The monoisotopic (exact) mass is 592 g/mol. The Morgan fingerprint density at radius 3 is 2.71 bits per heavy atom. The number of carbonyl (C=O) groups is 1. The summed E-state index contributed by atoms with van der Waals surface area (Å²) in [7, 11) is 0. The van der Waals surface area contributed by atoms with Crippen LogP contribution in [0.5, 0.6) is 11.5 Å². The highest BCUT2D eigenvalue weighted by Gasteiger charge is 2.18. The Labute approximate surface area is 250 Å². The van der Waals surface area contributed by atoms with E-state index in [2.05, 4.69) is 39.6 Å². The lowest BCUT2D eigenvalue weighted by Crippen LogP contribution is -2.33. The molecule has 42 heavy (non-hydrogen) atoms. The summed E-state index contributed by atoms with van der Waals surface area (Å²) in [5, 5.41) is 20.6. The van der Waals surface area contributed by atoms with E-state index in [1.807, 2.05) is 54.1 Å². The fourth-order valence-electron chi connectivity index (χ4n) is 4.13. The Kier molecular flexibility index (Phi) is 10.0. The molecule has 0 saturated heterocycles. The summed E-state index contributed by atoms with van der Waals surface area (Å²) in [5.74, 6) is 1.91. The number of nitrogens with one attached hydrogen (secondary N) is 2. The summed E-state index contributed by atoms with van der Waals surface area (Å²) < 4.78 is 8.05. The van der Waals surface area contributed by atoms with Crippen LogP contribution in [0, 0.1) is 5.92 Å². The third-order valence-electron chi connectivity index (χ3n) is 6.10.